The molecule has 1 atom stereocenters. The molecule has 1 fully saturated rings. The second-order valence-corrected chi connectivity index (χ2v) is 6.92. The minimum absolute atomic E-state index is 0.0736. The molecule has 4 rings (SSSR count). The van der Waals surface area contributed by atoms with Gasteiger partial charge in [-0.05, 0) is 42.8 Å². The van der Waals surface area contributed by atoms with Gasteiger partial charge in [0.1, 0.15) is 5.75 Å². The number of anilines is 1. The molecule has 0 radical (unpaired) electrons. The molecule has 1 aromatic heterocycles. The third-order valence-corrected chi connectivity index (χ3v) is 4.86. The van der Waals surface area contributed by atoms with Crippen molar-refractivity contribution < 1.29 is 14.1 Å². The summed E-state index contributed by atoms with van der Waals surface area (Å²) in [5, 5.41) is 4.10. The number of hydrogen-bond donors (Lipinski definition) is 0. The SMILES string of the molecule is CCCCOc1ccc(-c2noc(C3CC(=O)N(c4ccccc4)C3)n2)cc1. The van der Waals surface area contributed by atoms with E-state index in [2.05, 4.69) is 17.1 Å². The number of rotatable bonds is 7. The third-order valence-electron chi connectivity index (χ3n) is 4.86. The second kappa shape index (κ2) is 8.25. The summed E-state index contributed by atoms with van der Waals surface area (Å²) in [6.07, 6.45) is 2.52. The van der Waals surface area contributed by atoms with Crippen molar-refractivity contribution in [1.82, 2.24) is 10.1 Å². The van der Waals surface area contributed by atoms with Crippen LogP contribution < -0.4 is 9.64 Å². The molecule has 2 heterocycles. The summed E-state index contributed by atoms with van der Waals surface area (Å²) in [6, 6.07) is 17.3. The predicted octanol–water partition coefficient (Wildman–Crippen LogP) is 4.44. The lowest BCUT2D eigenvalue weighted by Gasteiger charge is -2.15. The number of carbonyl (C=O) groups excluding carboxylic acids is 1. The van der Waals surface area contributed by atoms with Gasteiger partial charge in [0.05, 0.1) is 12.5 Å². The highest BCUT2D eigenvalue weighted by Gasteiger charge is 2.35. The molecule has 0 N–H and O–H groups in total. The summed E-state index contributed by atoms with van der Waals surface area (Å²) in [4.78, 5) is 18.7. The van der Waals surface area contributed by atoms with E-state index in [0.29, 0.717) is 24.7 Å². The van der Waals surface area contributed by atoms with E-state index in [4.69, 9.17) is 9.26 Å². The molecule has 144 valence electrons. The normalized spacial score (nSPS) is 16.5. The number of ether oxygens (including phenoxy) is 1. The van der Waals surface area contributed by atoms with Crippen molar-refractivity contribution in [3.8, 4) is 17.1 Å². The lowest BCUT2D eigenvalue weighted by atomic mass is 10.1. The van der Waals surface area contributed by atoms with Crippen LogP contribution in [0, 0.1) is 0 Å². The van der Waals surface area contributed by atoms with Crippen molar-refractivity contribution in [3.05, 3.63) is 60.5 Å². The van der Waals surface area contributed by atoms with E-state index in [0.717, 1.165) is 36.4 Å². The Kier molecular flexibility index (Phi) is 5.37. The van der Waals surface area contributed by atoms with E-state index >= 15 is 0 Å². The minimum atomic E-state index is -0.0920. The smallest absolute Gasteiger partial charge is 0.232 e. The zero-order chi connectivity index (χ0) is 19.3. The lowest BCUT2D eigenvalue weighted by molar-refractivity contribution is -0.117. The van der Waals surface area contributed by atoms with Gasteiger partial charge in [-0.2, -0.15) is 4.98 Å². The molecule has 6 heteroatoms. The molecular weight excluding hydrogens is 354 g/mol. The first-order chi connectivity index (χ1) is 13.7. The quantitative estimate of drug-likeness (QED) is 0.570. The Hall–Kier alpha value is -3.15. The van der Waals surface area contributed by atoms with Gasteiger partial charge in [-0.25, -0.2) is 0 Å². The van der Waals surface area contributed by atoms with Gasteiger partial charge in [-0.3, -0.25) is 4.79 Å². The lowest BCUT2D eigenvalue weighted by Crippen LogP contribution is -2.24. The van der Waals surface area contributed by atoms with Gasteiger partial charge >= 0.3 is 0 Å². The van der Waals surface area contributed by atoms with Crippen molar-refractivity contribution in [1.29, 1.82) is 0 Å². The molecule has 0 saturated carbocycles. The summed E-state index contributed by atoms with van der Waals surface area (Å²) < 4.78 is 11.2. The zero-order valence-electron chi connectivity index (χ0n) is 15.9. The van der Waals surface area contributed by atoms with E-state index in [-0.39, 0.29) is 11.8 Å². The summed E-state index contributed by atoms with van der Waals surface area (Å²) in [6.45, 7) is 3.40. The first kappa shape index (κ1) is 18.2. The number of amides is 1. The van der Waals surface area contributed by atoms with E-state index in [9.17, 15) is 4.79 Å². The van der Waals surface area contributed by atoms with Gasteiger partial charge in [0.25, 0.3) is 0 Å². The Balaban J connectivity index is 1.44. The summed E-state index contributed by atoms with van der Waals surface area (Å²) >= 11 is 0. The van der Waals surface area contributed by atoms with E-state index in [1.54, 1.807) is 4.90 Å². The number of para-hydroxylation sites is 1. The molecule has 6 nitrogen and oxygen atoms in total. The fraction of sp³-hybridized carbons (Fsp3) is 0.318. The number of benzene rings is 2. The van der Waals surface area contributed by atoms with Crippen LogP contribution in [0.2, 0.25) is 0 Å². The van der Waals surface area contributed by atoms with Gasteiger partial charge in [0.15, 0.2) is 0 Å². The van der Waals surface area contributed by atoms with Gasteiger partial charge in [0.2, 0.25) is 17.6 Å². The number of nitrogens with zero attached hydrogens (tertiary/aromatic N) is 3. The molecule has 2 aromatic carbocycles. The van der Waals surface area contributed by atoms with E-state index in [1.165, 1.54) is 0 Å². The molecule has 1 saturated heterocycles. The molecule has 3 aromatic rings. The van der Waals surface area contributed by atoms with Crippen molar-refractivity contribution >= 4 is 11.6 Å². The Bertz CT molecular complexity index is 922. The fourth-order valence-corrected chi connectivity index (χ4v) is 3.28. The number of unbranched alkanes of at least 4 members (excludes halogenated alkanes) is 1. The fourth-order valence-electron chi connectivity index (χ4n) is 3.28. The summed E-state index contributed by atoms with van der Waals surface area (Å²) in [7, 11) is 0. The Morgan fingerprint density at radius 3 is 2.68 bits per heavy atom. The van der Waals surface area contributed by atoms with Crippen molar-refractivity contribution in [2.45, 2.75) is 32.1 Å². The topological polar surface area (TPSA) is 68.5 Å². The molecule has 1 aliphatic rings. The largest absolute Gasteiger partial charge is 0.494 e. The molecule has 1 amide bonds. The van der Waals surface area contributed by atoms with Crippen LogP contribution in [0.15, 0.2) is 59.1 Å². The van der Waals surface area contributed by atoms with Crippen LogP contribution in [0.25, 0.3) is 11.4 Å². The standard InChI is InChI=1S/C22H23N3O3/c1-2-3-13-27-19-11-9-16(10-12-19)21-23-22(28-24-21)17-14-20(26)25(15-17)18-7-5-4-6-8-18/h4-12,17H,2-3,13-15H2,1H3. The first-order valence-corrected chi connectivity index (χ1v) is 9.67. The molecule has 0 bridgehead atoms. The van der Waals surface area contributed by atoms with Crippen LogP contribution in [0.3, 0.4) is 0 Å². The van der Waals surface area contributed by atoms with E-state index < -0.39 is 0 Å². The van der Waals surface area contributed by atoms with Crippen LogP contribution in [-0.4, -0.2) is 29.2 Å². The summed E-state index contributed by atoms with van der Waals surface area (Å²) in [5.41, 5.74) is 1.76. The number of hydrogen-bond acceptors (Lipinski definition) is 5. The summed E-state index contributed by atoms with van der Waals surface area (Å²) in [5.74, 6) is 1.85. The molecule has 1 aliphatic heterocycles. The highest BCUT2D eigenvalue weighted by atomic mass is 16.5. The molecule has 0 aliphatic carbocycles. The van der Waals surface area contributed by atoms with Crippen LogP contribution >= 0.6 is 0 Å². The van der Waals surface area contributed by atoms with Gasteiger partial charge in [-0.15, -0.1) is 0 Å². The van der Waals surface area contributed by atoms with Crippen LogP contribution in [0.1, 0.15) is 38.0 Å². The molecule has 0 spiro atoms. The first-order valence-electron chi connectivity index (χ1n) is 9.67. The average molecular weight is 377 g/mol. The predicted molar refractivity (Wildman–Crippen MR) is 106 cm³/mol. The Morgan fingerprint density at radius 1 is 1.14 bits per heavy atom. The number of carbonyl (C=O) groups is 1. The minimum Gasteiger partial charge on any atom is -0.494 e. The highest BCUT2D eigenvalue weighted by molar-refractivity contribution is 5.96. The molecule has 1 unspecified atom stereocenters. The van der Waals surface area contributed by atoms with Crippen LogP contribution in [-0.2, 0) is 4.79 Å². The van der Waals surface area contributed by atoms with Crippen molar-refractivity contribution in [2.75, 3.05) is 18.1 Å². The Morgan fingerprint density at radius 2 is 1.93 bits per heavy atom. The van der Waals surface area contributed by atoms with Gasteiger partial charge in [0, 0.05) is 24.2 Å². The van der Waals surface area contributed by atoms with Gasteiger partial charge in [-0.1, -0.05) is 36.7 Å². The molecule has 28 heavy (non-hydrogen) atoms. The van der Waals surface area contributed by atoms with Gasteiger partial charge < -0.3 is 14.2 Å². The van der Waals surface area contributed by atoms with Crippen molar-refractivity contribution in [2.24, 2.45) is 0 Å². The zero-order valence-corrected chi connectivity index (χ0v) is 15.9. The van der Waals surface area contributed by atoms with Crippen molar-refractivity contribution in [3.63, 3.8) is 0 Å². The highest BCUT2D eigenvalue weighted by Crippen LogP contribution is 2.32. The maximum Gasteiger partial charge on any atom is 0.232 e. The Labute approximate surface area is 164 Å². The van der Waals surface area contributed by atoms with Crippen LogP contribution in [0.4, 0.5) is 5.69 Å². The number of aromatic nitrogens is 2. The maximum atomic E-state index is 12.4. The second-order valence-electron chi connectivity index (χ2n) is 6.92. The third kappa shape index (κ3) is 3.91. The molecular formula is C22H23N3O3. The van der Waals surface area contributed by atoms with E-state index in [1.807, 2.05) is 54.6 Å². The maximum absolute atomic E-state index is 12.4. The average Bonchev–Trinajstić information content (AvgIpc) is 3.36. The monoisotopic (exact) mass is 377 g/mol. The van der Waals surface area contributed by atoms with Crippen LogP contribution in [0.5, 0.6) is 5.75 Å².